The van der Waals surface area contributed by atoms with Crippen molar-refractivity contribution in [1.82, 2.24) is 15.3 Å². The number of aromatic nitrogens is 2. The van der Waals surface area contributed by atoms with Gasteiger partial charge >= 0.3 is 0 Å². The van der Waals surface area contributed by atoms with Crippen molar-refractivity contribution in [3.8, 4) is 0 Å². The molecule has 0 fully saturated rings. The maximum absolute atomic E-state index is 12.5. The molecule has 1 aromatic heterocycles. The van der Waals surface area contributed by atoms with Gasteiger partial charge in [-0.25, -0.2) is 9.97 Å². The Morgan fingerprint density at radius 3 is 2.65 bits per heavy atom. The third-order valence-electron chi connectivity index (χ3n) is 4.24. The molecular formula is C18H21N5O2S. The van der Waals surface area contributed by atoms with Gasteiger partial charge in [-0.3, -0.25) is 9.59 Å². The predicted molar refractivity (Wildman–Crippen MR) is 102 cm³/mol. The summed E-state index contributed by atoms with van der Waals surface area (Å²) in [6.07, 6.45) is 1.66. The normalized spacial score (nSPS) is 15.7. The van der Waals surface area contributed by atoms with Gasteiger partial charge in [0.05, 0.1) is 11.6 Å². The lowest BCUT2D eigenvalue weighted by Gasteiger charge is -2.25. The molecule has 1 aliphatic rings. The van der Waals surface area contributed by atoms with Crippen LogP contribution in [0.3, 0.4) is 0 Å². The van der Waals surface area contributed by atoms with Crippen LogP contribution in [-0.2, 0) is 4.79 Å². The van der Waals surface area contributed by atoms with Crippen LogP contribution in [0, 0.1) is 5.41 Å². The molecule has 0 spiro atoms. The summed E-state index contributed by atoms with van der Waals surface area (Å²) in [5, 5.41) is 6.42. The minimum absolute atomic E-state index is 0.0255. The van der Waals surface area contributed by atoms with Crippen molar-refractivity contribution in [1.29, 1.82) is 0 Å². The molecule has 8 heteroatoms. The molecule has 3 rings (SSSR count). The average Bonchev–Trinajstić information content (AvgIpc) is 2.72. The summed E-state index contributed by atoms with van der Waals surface area (Å²) in [4.78, 5) is 35.6. The molecule has 0 aliphatic carbocycles. The van der Waals surface area contributed by atoms with Crippen LogP contribution < -0.4 is 15.5 Å². The maximum atomic E-state index is 12.5. The second kappa shape index (κ2) is 6.95. The summed E-state index contributed by atoms with van der Waals surface area (Å²) >= 11 is 1.40. The first-order chi connectivity index (χ1) is 12.3. The van der Waals surface area contributed by atoms with E-state index in [0.29, 0.717) is 28.8 Å². The highest BCUT2D eigenvalue weighted by Crippen LogP contribution is 2.34. The Hall–Kier alpha value is -2.61. The highest BCUT2D eigenvalue weighted by molar-refractivity contribution is 7.99. The monoisotopic (exact) mass is 371 g/mol. The predicted octanol–water partition coefficient (Wildman–Crippen LogP) is 2.40. The topological polar surface area (TPSA) is 87.2 Å². The first-order valence-electron chi connectivity index (χ1n) is 8.21. The molecule has 0 saturated heterocycles. The van der Waals surface area contributed by atoms with Crippen molar-refractivity contribution in [3.63, 3.8) is 0 Å². The second-order valence-electron chi connectivity index (χ2n) is 6.69. The summed E-state index contributed by atoms with van der Waals surface area (Å²) in [7, 11) is 3.34. The number of rotatable bonds is 3. The molecule has 1 aliphatic heterocycles. The van der Waals surface area contributed by atoms with Gasteiger partial charge in [-0.1, -0.05) is 0 Å². The van der Waals surface area contributed by atoms with Crippen LogP contribution in [0.4, 0.5) is 11.5 Å². The number of hydrogen-bond donors (Lipinski definition) is 2. The van der Waals surface area contributed by atoms with Crippen LogP contribution in [0.2, 0.25) is 0 Å². The number of benzene rings is 1. The van der Waals surface area contributed by atoms with E-state index in [4.69, 9.17) is 0 Å². The van der Waals surface area contributed by atoms with Gasteiger partial charge in [0.2, 0.25) is 5.91 Å². The molecule has 26 heavy (non-hydrogen) atoms. The lowest BCUT2D eigenvalue weighted by Crippen LogP contribution is -2.40. The second-order valence-corrected chi connectivity index (χ2v) is 7.73. The Labute approximate surface area is 156 Å². The van der Waals surface area contributed by atoms with Crippen LogP contribution in [-0.4, -0.2) is 42.4 Å². The molecule has 2 heterocycles. The van der Waals surface area contributed by atoms with E-state index in [0.717, 1.165) is 4.90 Å². The van der Waals surface area contributed by atoms with Crippen LogP contribution >= 0.6 is 11.8 Å². The largest absolute Gasteiger partial charge is 0.367 e. The van der Waals surface area contributed by atoms with Gasteiger partial charge in [-0.2, -0.15) is 0 Å². The van der Waals surface area contributed by atoms with Gasteiger partial charge in [0.15, 0.2) is 11.0 Å². The minimum Gasteiger partial charge on any atom is -0.367 e. The molecule has 136 valence electrons. The zero-order chi connectivity index (χ0) is 18.9. The molecule has 0 saturated carbocycles. The average molecular weight is 371 g/mol. The molecule has 2 aromatic rings. The van der Waals surface area contributed by atoms with Crippen molar-refractivity contribution in [2.75, 3.05) is 30.9 Å². The number of nitrogens with one attached hydrogen (secondary N) is 2. The van der Waals surface area contributed by atoms with Gasteiger partial charge in [0, 0.05) is 31.1 Å². The lowest BCUT2D eigenvalue weighted by molar-refractivity contribution is -0.125. The number of anilines is 2. The fraction of sp³-hybridized carbons (Fsp3) is 0.333. The quantitative estimate of drug-likeness (QED) is 0.806. The van der Waals surface area contributed by atoms with Gasteiger partial charge in [-0.05, 0) is 49.9 Å². The molecule has 2 amide bonds. The van der Waals surface area contributed by atoms with E-state index in [-0.39, 0.29) is 11.8 Å². The van der Waals surface area contributed by atoms with Crippen LogP contribution in [0.1, 0.15) is 24.2 Å². The molecule has 2 N–H and O–H groups in total. The molecule has 1 aromatic carbocycles. The number of amides is 2. The Morgan fingerprint density at radius 2 is 2.00 bits per heavy atom. The van der Waals surface area contributed by atoms with Crippen molar-refractivity contribution in [3.05, 3.63) is 36.0 Å². The highest BCUT2D eigenvalue weighted by atomic mass is 32.2. The van der Waals surface area contributed by atoms with Crippen molar-refractivity contribution < 1.29 is 9.59 Å². The number of nitrogens with zero attached hydrogens (tertiary/aromatic N) is 3. The van der Waals surface area contributed by atoms with E-state index >= 15 is 0 Å². The third-order valence-corrected chi connectivity index (χ3v) is 5.13. The SMILES string of the molecule is CNC(=O)c1ccc(Sc2ncc3c(n2)NCC(C)(C)C(=O)N3C)cc1. The van der Waals surface area contributed by atoms with E-state index in [9.17, 15) is 9.59 Å². The van der Waals surface area contributed by atoms with E-state index in [2.05, 4.69) is 20.6 Å². The van der Waals surface area contributed by atoms with Crippen molar-refractivity contribution in [2.45, 2.75) is 23.9 Å². The zero-order valence-electron chi connectivity index (χ0n) is 15.2. The number of carbonyl (C=O) groups excluding carboxylic acids is 2. The maximum Gasteiger partial charge on any atom is 0.251 e. The van der Waals surface area contributed by atoms with Crippen LogP contribution in [0.5, 0.6) is 0 Å². The summed E-state index contributed by atoms with van der Waals surface area (Å²) in [5.41, 5.74) is 0.752. The van der Waals surface area contributed by atoms with Crippen molar-refractivity contribution in [2.24, 2.45) is 5.41 Å². The van der Waals surface area contributed by atoms with Crippen LogP contribution in [0.25, 0.3) is 0 Å². The van der Waals surface area contributed by atoms with E-state index in [1.165, 1.54) is 11.8 Å². The molecule has 0 atom stereocenters. The summed E-state index contributed by atoms with van der Waals surface area (Å²) < 4.78 is 0. The smallest absolute Gasteiger partial charge is 0.251 e. The first-order valence-corrected chi connectivity index (χ1v) is 9.02. The highest BCUT2D eigenvalue weighted by Gasteiger charge is 2.35. The number of carbonyl (C=O) groups is 2. The molecule has 0 radical (unpaired) electrons. The third kappa shape index (κ3) is 3.50. The summed E-state index contributed by atoms with van der Waals surface area (Å²) in [6, 6.07) is 7.24. The van der Waals surface area contributed by atoms with Crippen molar-refractivity contribution >= 4 is 35.1 Å². The molecule has 0 unspecified atom stereocenters. The standard InChI is InChI=1S/C18H21N5O2S/c1-18(2)10-21-14-13(23(4)16(18)25)9-20-17(22-14)26-12-7-5-11(6-8-12)15(24)19-3/h5-9H,10H2,1-4H3,(H,19,24)(H,20,21,22). The van der Waals surface area contributed by atoms with E-state index < -0.39 is 5.41 Å². The number of fused-ring (bicyclic) bond motifs is 1. The fourth-order valence-electron chi connectivity index (χ4n) is 2.65. The Kier molecular flexibility index (Phi) is 4.86. The van der Waals surface area contributed by atoms with Gasteiger partial charge in [0.25, 0.3) is 5.91 Å². The van der Waals surface area contributed by atoms with Gasteiger partial charge in [0.1, 0.15) is 5.69 Å². The Bertz CT molecular complexity index is 851. The first kappa shape index (κ1) is 18.2. The molecular weight excluding hydrogens is 350 g/mol. The lowest BCUT2D eigenvalue weighted by atomic mass is 9.92. The van der Waals surface area contributed by atoms with Gasteiger partial charge in [-0.15, -0.1) is 0 Å². The Morgan fingerprint density at radius 1 is 1.31 bits per heavy atom. The minimum atomic E-state index is -0.515. The van der Waals surface area contributed by atoms with E-state index in [1.54, 1.807) is 37.3 Å². The zero-order valence-corrected chi connectivity index (χ0v) is 16.0. The summed E-state index contributed by atoms with van der Waals surface area (Å²) in [6.45, 7) is 4.31. The van der Waals surface area contributed by atoms with E-state index in [1.807, 2.05) is 26.0 Å². The van der Waals surface area contributed by atoms with Crippen LogP contribution in [0.15, 0.2) is 40.5 Å². The number of hydrogen-bond acceptors (Lipinski definition) is 6. The Balaban J connectivity index is 1.83. The summed E-state index contributed by atoms with van der Waals surface area (Å²) in [5.74, 6) is 0.547. The molecule has 0 bridgehead atoms. The van der Waals surface area contributed by atoms with Gasteiger partial charge < -0.3 is 15.5 Å². The molecule has 7 nitrogen and oxygen atoms in total. The fourth-order valence-corrected chi connectivity index (χ4v) is 3.38.